The van der Waals surface area contributed by atoms with Crippen molar-refractivity contribution in [1.29, 1.82) is 0 Å². The summed E-state index contributed by atoms with van der Waals surface area (Å²) in [6, 6.07) is 12.1. The number of para-hydroxylation sites is 1. The van der Waals surface area contributed by atoms with Crippen molar-refractivity contribution in [3.05, 3.63) is 59.1 Å². The highest BCUT2D eigenvalue weighted by molar-refractivity contribution is 8.15. The minimum absolute atomic E-state index is 0.0230. The van der Waals surface area contributed by atoms with Gasteiger partial charge in [-0.05, 0) is 37.3 Å². The number of nitrogens with one attached hydrogen (secondary N) is 1. The zero-order valence-corrected chi connectivity index (χ0v) is 17.3. The molecule has 0 aromatic heterocycles. The first kappa shape index (κ1) is 22.2. The number of amides is 2. The highest BCUT2D eigenvalue weighted by atomic mass is 35.5. The number of alkyl halides is 3. The molecule has 0 saturated carbocycles. The van der Waals surface area contributed by atoms with Crippen molar-refractivity contribution in [1.82, 2.24) is 4.90 Å². The Morgan fingerprint density at radius 3 is 2.57 bits per heavy atom. The van der Waals surface area contributed by atoms with Gasteiger partial charge in [0, 0.05) is 18.7 Å². The van der Waals surface area contributed by atoms with Crippen LogP contribution in [0, 0.1) is 0 Å². The number of anilines is 1. The molecule has 30 heavy (non-hydrogen) atoms. The Labute approximate surface area is 180 Å². The molecule has 158 valence electrons. The van der Waals surface area contributed by atoms with Crippen molar-refractivity contribution in [2.45, 2.75) is 24.8 Å². The summed E-state index contributed by atoms with van der Waals surface area (Å²) in [5.41, 5.74) is -0.364. The Morgan fingerprint density at radius 2 is 1.93 bits per heavy atom. The summed E-state index contributed by atoms with van der Waals surface area (Å²) >= 11 is 6.69. The van der Waals surface area contributed by atoms with Gasteiger partial charge in [-0.3, -0.25) is 14.5 Å². The lowest BCUT2D eigenvalue weighted by Crippen LogP contribution is -2.33. The second kappa shape index (κ2) is 9.09. The van der Waals surface area contributed by atoms with Gasteiger partial charge in [0.25, 0.3) is 0 Å². The summed E-state index contributed by atoms with van der Waals surface area (Å²) in [6.45, 7) is 2.00. The summed E-state index contributed by atoms with van der Waals surface area (Å²) < 4.78 is 39.3. The van der Waals surface area contributed by atoms with E-state index in [4.69, 9.17) is 11.6 Å². The lowest BCUT2D eigenvalue weighted by molar-refractivity contribution is -0.137. The Morgan fingerprint density at radius 1 is 1.23 bits per heavy atom. The van der Waals surface area contributed by atoms with Crippen molar-refractivity contribution >= 4 is 51.7 Å². The maximum atomic E-state index is 13.1. The molecule has 1 fully saturated rings. The van der Waals surface area contributed by atoms with Crippen molar-refractivity contribution in [3.8, 4) is 0 Å². The Hall–Kier alpha value is -2.52. The van der Waals surface area contributed by atoms with Crippen LogP contribution in [0.2, 0.25) is 5.02 Å². The number of rotatable bonds is 5. The van der Waals surface area contributed by atoms with Crippen LogP contribution in [0.3, 0.4) is 0 Å². The third kappa shape index (κ3) is 5.14. The van der Waals surface area contributed by atoms with E-state index < -0.39 is 22.0 Å². The molecule has 0 bridgehead atoms. The summed E-state index contributed by atoms with van der Waals surface area (Å²) in [5, 5.41) is 1.83. The number of carbonyl (C=O) groups excluding carboxylic acids is 2. The molecule has 0 spiro atoms. The lowest BCUT2D eigenvalue weighted by atomic mass is 10.2. The van der Waals surface area contributed by atoms with Crippen molar-refractivity contribution in [3.63, 3.8) is 0 Å². The minimum atomic E-state index is -4.62. The predicted molar refractivity (Wildman–Crippen MR) is 112 cm³/mol. The van der Waals surface area contributed by atoms with Crippen LogP contribution in [-0.2, 0) is 15.8 Å². The first-order chi connectivity index (χ1) is 14.2. The van der Waals surface area contributed by atoms with Crippen molar-refractivity contribution in [2.75, 3.05) is 11.9 Å². The van der Waals surface area contributed by atoms with Crippen molar-refractivity contribution < 1.29 is 22.8 Å². The SMILES string of the molecule is CCN1C(=O)[C@H](CC(=O)Nc2ccccc2)SC1=Nc1ccc(Cl)c(C(F)(F)F)c1. The van der Waals surface area contributed by atoms with E-state index in [9.17, 15) is 22.8 Å². The van der Waals surface area contributed by atoms with Gasteiger partial charge in [0.1, 0.15) is 5.25 Å². The van der Waals surface area contributed by atoms with E-state index in [1.165, 1.54) is 11.0 Å². The number of carbonyl (C=O) groups is 2. The monoisotopic (exact) mass is 455 g/mol. The quantitative estimate of drug-likeness (QED) is 0.662. The Kier molecular flexibility index (Phi) is 6.72. The fourth-order valence-electron chi connectivity index (χ4n) is 2.83. The number of hydrogen-bond donors (Lipinski definition) is 1. The van der Waals surface area contributed by atoms with Gasteiger partial charge in [-0.15, -0.1) is 0 Å². The second-order valence-corrected chi connectivity index (χ2v) is 7.94. The van der Waals surface area contributed by atoms with E-state index in [-0.39, 0.29) is 35.6 Å². The number of nitrogens with zero attached hydrogens (tertiary/aromatic N) is 2. The number of thioether (sulfide) groups is 1. The van der Waals surface area contributed by atoms with Gasteiger partial charge in [-0.25, -0.2) is 4.99 Å². The normalized spacial score (nSPS) is 18.2. The zero-order chi connectivity index (χ0) is 21.9. The summed E-state index contributed by atoms with van der Waals surface area (Å²) in [7, 11) is 0. The standard InChI is InChI=1S/C20H17ClF3N3O2S/c1-2-27-18(29)16(11-17(28)25-12-6-4-3-5-7-12)30-19(27)26-13-8-9-15(21)14(10-13)20(22,23)24/h3-10,16H,2,11H2,1H3,(H,25,28)/t16-/m0/s1. The molecular formula is C20H17ClF3N3O2S. The molecule has 2 amide bonds. The van der Waals surface area contributed by atoms with Gasteiger partial charge in [-0.2, -0.15) is 13.2 Å². The van der Waals surface area contributed by atoms with E-state index in [1.54, 1.807) is 31.2 Å². The van der Waals surface area contributed by atoms with Crippen LogP contribution < -0.4 is 5.32 Å². The van der Waals surface area contributed by atoms with Crippen LogP contribution in [0.4, 0.5) is 24.5 Å². The van der Waals surface area contributed by atoms with Crippen LogP contribution in [0.1, 0.15) is 18.9 Å². The zero-order valence-electron chi connectivity index (χ0n) is 15.7. The number of amidine groups is 1. The summed E-state index contributed by atoms with van der Waals surface area (Å²) in [6.07, 6.45) is -4.70. The maximum Gasteiger partial charge on any atom is 0.417 e. The smallest absolute Gasteiger partial charge is 0.326 e. The van der Waals surface area contributed by atoms with E-state index in [0.29, 0.717) is 5.69 Å². The molecule has 1 N–H and O–H groups in total. The molecule has 1 aliphatic rings. The summed E-state index contributed by atoms with van der Waals surface area (Å²) in [5.74, 6) is -0.648. The number of halogens is 4. The molecule has 3 rings (SSSR count). The molecule has 1 heterocycles. The van der Waals surface area contributed by atoms with E-state index in [0.717, 1.165) is 23.9 Å². The molecule has 10 heteroatoms. The van der Waals surface area contributed by atoms with Crippen LogP contribution in [0.15, 0.2) is 53.5 Å². The number of benzene rings is 2. The van der Waals surface area contributed by atoms with Gasteiger partial charge in [0.2, 0.25) is 11.8 Å². The third-order valence-electron chi connectivity index (χ3n) is 4.24. The van der Waals surface area contributed by atoms with Crippen LogP contribution in [0.5, 0.6) is 0 Å². The average Bonchev–Trinajstić information content (AvgIpc) is 2.97. The molecule has 1 aliphatic heterocycles. The van der Waals surface area contributed by atoms with E-state index in [2.05, 4.69) is 10.3 Å². The van der Waals surface area contributed by atoms with E-state index in [1.807, 2.05) is 6.07 Å². The van der Waals surface area contributed by atoms with Gasteiger partial charge in [-0.1, -0.05) is 41.6 Å². The second-order valence-electron chi connectivity index (χ2n) is 6.36. The topological polar surface area (TPSA) is 61.8 Å². The molecule has 0 radical (unpaired) electrons. The highest BCUT2D eigenvalue weighted by Crippen LogP contribution is 2.38. The van der Waals surface area contributed by atoms with Gasteiger partial charge < -0.3 is 5.32 Å². The molecule has 1 saturated heterocycles. The first-order valence-electron chi connectivity index (χ1n) is 8.97. The fraction of sp³-hybridized carbons (Fsp3) is 0.250. The van der Waals surface area contributed by atoms with Crippen LogP contribution in [0.25, 0.3) is 0 Å². The number of hydrogen-bond acceptors (Lipinski definition) is 4. The summed E-state index contributed by atoms with van der Waals surface area (Å²) in [4.78, 5) is 30.5. The largest absolute Gasteiger partial charge is 0.417 e. The highest BCUT2D eigenvalue weighted by Gasteiger charge is 2.38. The molecular weight excluding hydrogens is 439 g/mol. The number of aliphatic imine (C=N–C) groups is 1. The molecule has 2 aromatic rings. The van der Waals surface area contributed by atoms with Crippen LogP contribution >= 0.6 is 23.4 Å². The van der Waals surface area contributed by atoms with Gasteiger partial charge in [0.15, 0.2) is 5.17 Å². The molecule has 0 aliphatic carbocycles. The van der Waals surface area contributed by atoms with Gasteiger partial charge in [0.05, 0.1) is 16.3 Å². The molecule has 0 unspecified atom stereocenters. The van der Waals surface area contributed by atoms with Crippen molar-refractivity contribution in [2.24, 2.45) is 4.99 Å². The van der Waals surface area contributed by atoms with Crippen LogP contribution in [-0.4, -0.2) is 33.7 Å². The van der Waals surface area contributed by atoms with E-state index >= 15 is 0 Å². The molecule has 5 nitrogen and oxygen atoms in total. The Balaban J connectivity index is 1.78. The molecule has 1 atom stereocenters. The minimum Gasteiger partial charge on any atom is -0.326 e. The third-order valence-corrected chi connectivity index (χ3v) is 5.75. The Bertz CT molecular complexity index is 983. The lowest BCUT2D eigenvalue weighted by Gasteiger charge is -2.14. The first-order valence-corrected chi connectivity index (χ1v) is 10.2. The average molecular weight is 456 g/mol. The molecule has 2 aromatic carbocycles. The maximum absolute atomic E-state index is 13.1. The van der Waals surface area contributed by atoms with Gasteiger partial charge >= 0.3 is 6.18 Å². The predicted octanol–water partition coefficient (Wildman–Crippen LogP) is 5.34. The fourth-order valence-corrected chi connectivity index (χ4v) is 4.27.